The predicted molar refractivity (Wildman–Crippen MR) is 87.6 cm³/mol. The summed E-state index contributed by atoms with van der Waals surface area (Å²) >= 11 is 0. The maximum absolute atomic E-state index is 13.0. The van der Waals surface area contributed by atoms with Gasteiger partial charge in [-0.25, -0.2) is 9.67 Å². The van der Waals surface area contributed by atoms with Crippen LogP contribution in [0.15, 0.2) is 24.3 Å². The van der Waals surface area contributed by atoms with Crippen molar-refractivity contribution in [1.82, 2.24) is 20.1 Å². The van der Waals surface area contributed by atoms with Gasteiger partial charge in [0.1, 0.15) is 12.4 Å². The zero-order valence-electron chi connectivity index (χ0n) is 14.1. The van der Waals surface area contributed by atoms with Crippen LogP contribution in [-0.2, 0) is 13.0 Å². The molecule has 1 fully saturated rings. The van der Waals surface area contributed by atoms with Crippen molar-refractivity contribution in [2.45, 2.75) is 56.8 Å². The van der Waals surface area contributed by atoms with Gasteiger partial charge < -0.3 is 5.32 Å². The Balaban J connectivity index is 1.63. The van der Waals surface area contributed by atoms with E-state index in [4.69, 9.17) is 0 Å². The van der Waals surface area contributed by atoms with Gasteiger partial charge in [-0.05, 0) is 24.5 Å². The third-order valence-electron chi connectivity index (χ3n) is 5.09. The summed E-state index contributed by atoms with van der Waals surface area (Å²) < 4.78 is 39.9. The fourth-order valence-corrected chi connectivity index (χ4v) is 3.86. The number of benzene rings is 1. The molecule has 5 nitrogen and oxygen atoms in total. The lowest BCUT2D eigenvalue weighted by Crippen LogP contribution is -2.25. The smallest absolute Gasteiger partial charge is 0.345 e. The molecule has 1 aliphatic heterocycles. The molecule has 1 saturated carbocycles. The van der Waals surface area contributed by atoms with E-state index in [0.717, 1.165) is 35.9 Å². The SMILES string of the molecule is O=C1N[C@@H](Cc2nc(C3CCCC3)nn2CC(F)(F)F)c2ccccc21. The molecule has 0 spiro atoms. The Morgan fingerprint density at radius 3 is 2.65 bits per heavy atom. The van der Waals surface area contributed by atoms with E-state index in [-0.39, 0.29) is 30.1 Å². The third-order valence-corrected chi connectivity index (χ3v) is 5.09. The van der Waals surface area contributed by atoms with Crippen molar-refractivity contribution in [3.8, 4) is 0 Å². The maximum atomic E-state index is 13.0. The van der Waals surface area contributed by atoms with Gasteiger partial charge in [-0.3, -0.25) is 4.79 Å². The number of rotatable bonds is 4. The first-order chi connectivity index (χ1) is 12.4. The average molecular weight is 364 g/mol. The number of carbonyl (C=O) groups excluding carboxylic acids is 1. The number of nitrogens with one attached hydrogen (secondary N) is 1. The molecular formula is C18H19F3N4O. The summed E-state index contributed by atoms with van der Waals surface area (Å²) in [6.45, 7) is -1.16. The van der Waals surface area contributed by atoms with Crippen molar-refractivity contribution in [1.29, 1.82) is 0 Å². The summed E-state index contributed by atoms with van der Waals surface area (Å²) in [4.78, 5) is 16.5. The molecule has 0 bridgehead atoms. The highest BCUT2D eigenvalue weighted by Crippen LogP contribution is 2.34. The third kappa shape index (κ3) is 3.32. The van der Waals surface area contributed by atoms with E-state index >= 15 is 0 Å². The van der Waals surface area contributed by atoms with Crippen molar-refractivity contribution in [3.05, 3.63) is 47.0 Å². The fraction of sp³-hybridized carbons (Fsp3) is 0.500. The van der Waals surface area contributed by atoms with E-state index in [9.17, 15) is 18.0 Å². The van der Waals surface area contributed by atoms with E-state index < -0.39 is 12.7 Å². The molecule has 26 heavy (non-hydrogen) atoms. The van der Waals surface area contributed by atoms with Crippen molar-refractivity contribution in [2.24, 2.45) is 0 Å². The Bertz CT molecular complexity index is 824. The minimum absolute atomic E-state index is 0.133. The first-order valence-electron chi connectivity index (χ1n) is 8.81. The Hall–Kier alpha value is -2.38. The monoisotopic (exact) mass is 364 g/mol. The van der Waals surface area contributed by atoms with Gasteiger partial charge in [-0.15, -0.1) is 0 Å². The Morgan fingerprint density at radius 1 is 1.19 bits per heavy atom. The quantitative estimate of drug-likeness (QED) is 0.903. The molecule has 0 unspecified atom stereocenters. The van der Waals surface area contributed by atoms with Crippen LogP contribution in [0.4, 0.5) is 13.2 Å². The van der Waals surface area contributed by atoms with Crippen LogP contribution >= 0.6 is 0 Å². The Labute approximate surface area is 148 Å². The highest BCUT2D eigenvalue weighted by molar-refractivity contribution is 5.99. The van der Waals surface area contributed by atoms with E-state index in [2.05, 4.69) is 15.4 Å². The number of fused-ring (bicyclic) bond motifs is 1. The lowest BCUT2D eigenvalue weighted by atomic mass is 10.0. The van der Waals surface area contributed by atoms with Crippen molar-refractivity contribution >= 4 is 5.91 Å². The molecule has 2 aliphatic rings. The molecule has 1 aromatic heterocycles. The normalized spacial score (nSPS) is 20.4. The zero-order chi connectivity index (χ0) is 18.3. The number of halogens is 3. The summed E-state index contributed by atoms with van der Waals surface area (Å²) in [5, 5.41) is 7.00. The van der Waals surface area contributed by atoms with Crippen LogP contribution < -0.4 is 5.32 Å². The molecule has 1 aliphatic carbocycles. The molecule has 4 rings (SSSR count). The van der Waals surface area contributed by atoms with Crippen LogP contribution in [0.5, 0.6) is 0 Å². The van der Waals surface area contributed by atoms with Crippen molar-refractivity contribution in [3.63, 3.8) is 0 Å². The van der Waals surface area contributed by atoms with Crippen LogP contribution in [0.1, 0.15) is 65.2 Å². The lowest BCUT2D eigenvalue weighted by Gasteiger charge is -2.13. The summed E-state index contributed by atoms with van der Waals surface area (Å²) in [7, 11) is 0. The maximum Gasteiger partial charge on any atom is 0.408 e. The fourth-order valence-electron chi connectivity index (χ4n) is 3.86. The molecule has 138 valence electrons. The van der Waals surface area contributed by atoms with E-state index in [1.165, 1.54) is 0 Å². The second-order valence-corrected chi connectivity index (χ2v) is 6.96. The first kappa shape index (κ1) is 17.1. The summed E-state index contributed by atoms with van der Waals surface area (Å²) in [5.74, 6) is 0.697. The van der Waals surface area contributed by atoms with Crippen LogP contribution in [0.25, 0.3) is 0 Å². The van der Waals surface area contributed by atoms with Crippen LogP contribution in [0.3, 0.4) is 0 Å². The van der Waals surface area contributed by atoms with Gasteiger partial charge in [0, 0.05) is 17.9 Å². The topological polar surface area (TPSA) is 59.8 Å². The number of alkyl halides is 3. The standard InChI is InChI=1S/C18H19F3N4O/c19-18(20,21)10-25-15(23-16(24-25)11-5-1-2-6-11)9-14-12-7-3-4-8-13(12)17(26)22-14/h3-4,7-8,11,14H,1-2,5-6,9-10H2,(H,22,26)/t14-/m0/s1. The van der Waals surface area contributed by atoms with E-state index in [1.807, 2.05) is 12.1 Å². The molecule has 8 heteroatoms. The first-order valence-corrected chi connectivity index (χ1v) is 8.81. The van der Waals surface area contributed by atoms with Gasteiger partial charge in [-0.1, -0.05) is 31.0 Å². The number of carbonyl (C=O) groups is 1. The van der Waals surface area contributed by atoms with E-state index in [1.54, 1.807) is 12.1 Å². The number of amides is 1. The van der Waals surface area contributed by atoms with E-state index in [0.29, 0.717) is 11.4 Å². The minimum atomic E-state index is -4.37. The lowest BCUT2D eigenvalue weighted by molar-refractivity contribution is -0.143. The number of hydrogen-bond acceptors (Lipinski definition) is 3. The van der Waals surface area contributed by atoms with Gasteiger partial charge >= 0.3 is 6.18 Å². The number of aromatic nitrogens is 3. The molecule has 0 radical (unpaired) electrons. The molecule has 0 saturated heterocycles. The summed E-state index contributed by atoms with van der Waals surface area (Å²) in [5.41, 5.74) is 1.36. The van der Waals surface area contributed by atoms with Gasteiger partial charge in [0.2, 0.25) is 0 Å². The Morgan fingerprint density at radius 2 is 1.92 bits per heavy atom. The number of hydrogen-bond donors (Lipinski definition) is 1. The zero-order valence-corrected chi connectivity index (χ0v) is 14.1. The molecule has 2 aromatic rings. The van der Waals surface area contributed by atoms with Crippen LogP contribution in [-0.4, -0.2) is 26.8 Å². The van der Waals surface area contributed by atoms with Crippen LogP contribution in [0, 0.1) is 0 Å². The second kappa shape index (κ2) is 6.41. The highest BCUT2D eigenvalue weighted by atomic mass is 19.4. The van der Waals surface area contributed by atoms with Crippen molar-refractivity contribution in [2.75, 3.05) is 0 Å². The largest absolute Gasteiger partial charge is 0.408 e. The van der Waals surface area contributed by atoms with Crippen molar-refractivity contribution < 1.29 is 18.0 Å². The molecule has 1 atom stereocenters. The number of nitrogens with zero attached hydrogens (tertiary/aromatic N) is 3. The minimum Gasteiger partial charge on any atom is -0.345 e. The summed E-state index contributed by atoms with van der Waals surface area (Å²) in [6.07, 6.45) is -0.235. The molecule has 2 heterocycles. The molecular weight excluding hydrogens is 345 g/mol. The molecule has 1 amide bonds. The van der Waals surface area contributed by atoms with Gasteiger partial charge in [0.05, 0.1) is 6.04 Å². The predicted octanol–water partition coefficient (Wildman–Crippen LogP) is 3.53. The Kier molecular flexibility index (Phi) is 4.20. The summed E-state index contributed by atoms with van der Waals surface area (Å²) in [6, 6.07) is 6.74. The highest BCUT2D eigenvalue weighted by Gasteiger charge is 2.34. The van der Waals surface area contributed by atoms with Gasteiger partial charge in [0.15, 0.2) is 5.82 Å². The average Bonchev–Trinajstić information content (AvgIpc) is 3.28. The molecule has 1 N–H and O–H groups in total. The van der Waals surface area contributed by atoms with Gasteiger partial charge in [0.25, 0.3) is 5.91 Å². The molecule has 1 aromatic carbocycles. The van der Waals surface area contributed by atoms with Gasteiger partial charge in [-0.2, -0.15) is 18.3 Å². The second-order valence-electron chi connectivity index (χ2n) is 6.96. The van der Waals surface area contributed by atoms with Crippen LogP contribution in [0.2, 0.25) is 0 Å².